The van der Waals surface area contributed by atoms with Crippen LogP contribution in [-0.4, -0.2) is 43.7 Å². The quantitative estimate of drug-likeness (QED) is 0.926. The van der Waals surface area contributed by atoms with Gasteiger partial charge in [-0.2, -0.15) is 5.26 Å². The number of nitriles is 1. The molecule has 0 spiro atoms. The van der Waals surface area contributed by atoms with Gasteiger partial charge in [0.05, 0.1) is 16.3 Å². The lowest BCUT2D eigenvalue weighted by atomic mass is 10.0. The lowest BCUT2D eigenvalue weighted by molar-refractivity contribution is -0.136. The van der Waals surface area contributed by atoms with Crippen molar-refractivity contribution in [3.63, 3.8) is 0 Å². The molecule has 5 nitrogen and oxygen atoms in total. The molecule has 112 valence electrons. The average molecular weight is 308 g/mol. The fourth-order valence-corrected chi connectivity index (χ4v) is 2.69. The zero-order chi connectivity index (χ0) is 15.2. The monoisotopic (exact) mass is 307 g/mol. The van der Waals surface area contributed by atoms with E-state index in [1.165, 1.54) is 7.11 Å². The van der Waals surface area contributed by atoms with Crippen LogP contribution in [0.25, 0.3) is 0 Å². The first-order valence-corrected chi connectivity index (χ1v) is 7.25. The number of methoxy groups -OCH3 is 1. The summed E-state index contributed by atoms with van der Waals surface area (Å²) in [7, 11) is 1.52. The van der Waals surface area contributed by atoms with Crippen molar-refractivity contribution < 1.29 is 9.53 Å². The molecule has 1 heterocycles. The minimum atomic E-state index is 0.0198. The van der Waals surface area contributed by atoms with E-state index in [9.17, 15) is 4.79 Å². The van der Waals surface area contributed by atoms with E-state index in [4.69, 9.17) is 21.6 Å². The Kier molecular flexibility index (Phi) is 5.43. The molecule has 0 saturated carbocycles. The third-order valence-electron chi connectivity index (χ3n) is 3.60. The van der Waals surface area contributed by atoms with E-state index in [-0.39, 0.29) is 18.6 Å². The van der Waals surface area contributed by atoms with Gasteiger partial charge in [0.25, 0.3) is 0 Å². The van der Waals surface area contributed by atoms with Crippen LogP contribution in [0.5, 0.6) is 0 Å². The molecule has 1 fully saturated rings. The zero-order valence-electron chi connectivity index (χ0n) is 11.9. The second kappa shape index (κ2) is 7.30. The first kappa shape index (κ1) is 15.6. The van der Waals surface area contributed by atoms with E-state index in [1.807, 2.05) is 0 Å². The Hall–Kier alpha value is -1.77. The van der Waals surface area contributed by atoms with Gasteiger partial charge in [-0.05, 0) is 25.0 Å². The van der Waals surface area contributed by atoms with E-state index >= 15 is 0 Å². The second-order valence-electron chi connectivity index (χ2n) is 5.01. The van der Waals surface area contributed by atoms with Crippen molar-refractivity contribution in [2.24, 2.45) is 0 Å². The van der Waals surface area contributed by atoms with Crippen molar-refractivity contribution in [1.82, 2.24) is 4.90 Å². The summed E-state index contributed by atoms with van der Waals surface area (Å²) in [6, 6.07) is 7.62. The molecule has 0 unspecified atom stereocenters. The van der Waals surface area contributed by atoms with Crippen molar-refractivity contribution in [3.05, 3.63) is 28.8 Å². The number of para-hydroxylation sites is 1. The molecule has 1 saturated heterocycles. The summed E-state index contributed by atoms with van der Waals surface area (Å²) < 4.78 is 4.87. The average Bonchev–Trinajstić information content (AvgIpc) is 2.50. The molecule has 1 aliphatic heterocycles. The van der Waals surface area contributed by atoms with Gasteiger partial charge in [-0.15, -0.1) is 0 Å². The molecule has 21 heavy (non-hydrogen) atoms. The normalized spacial score (nSPS) is 15.6. The van der Waals surface area contributed by atoms with Crippen molar-refractivity contribution in [2.75, 3.05) is 32.1 Å². The Labute approximate surface area is 129 Å². The number of hydrogen-bond acceptors (Lipinski definition) is 4. The number of nitrogens with one attached hydrogen (secondary N) is 1. The Morgan fingerprint density at radius 1 is 1.52 bits per heavy atom. The zero-order valence-corrected chi connectivity index (χ0v) is 12.7. The maximum absolute atomic E-state index is 11.7. The molecule has 1 aromatic rings. The van der Waals surface area contributed by atoms with Crippen LogP contribution in [0.3, 0.4) is 0 Å². The lowest BCUT2D eigenvalue weighted by Crippen LogP contribution is -2.43. The smallest absolute Gasteiger partial charge is 0.248 e. The van der Waals surface area contributed by atoms with Gasteiger partial charge in [0.2, 0.25) is 5.91 Å². The molecule has 0 aliphatic carbocycles. The lowest BCUT2D eigenvalue weighted by Gasteiger charge is -2.33. The van der Waals surface area contributed by atoms with Crippen LogP contribution in [0.15, 0.2) is 18.2 Å². The maximum Gasteiger partial charge on any atom is 0.248 e. The van der Waals surface area contributed by atoms with E-state index < -0.39 is 0 Å². The van der Waals surface area contributed by atoms with E-state index in [0.29, 0.717) is 29.4 Å². The van der Waals surface area contributed by atoms with Crippen LogP contribution in [0.4, 0.5) is 5.69 Å². The number of hydrogen-bond donors (Lipinski definition) is 1. The molecule has 2 rings (SSSR count). The van der Waals surface area contributed by atoms with Crippen LogP contribution in [0.1, 0.15) is 18.4 Å². The van der Waals surface area contributed by atoms with Gasteiger partial charge in [-0.3, -0.25) is 4.79 Å². The number of benzene rings is 1. The molecular weight excluding hydrogens is 290 g/mol. The molecule has 1 aliphatic rings. The van der Waals surface area contributed by atoms with Crippen LogP contribution >= 0.6 is 11.6 Å². The third kappa shape index (κ3) is 3.87. The molecular formula is C15H18ClN3O2. The van der Waals surface area contributed by atoms with Crippen molar-refractivity contribution in [2.45, 2.75) is 18.9 Å². The number of likely N-dealkylation sites (tertiary alicyclic amines) is 1. The summed E-state index contributed by atoms with van der Waals surface area (Å²) in [6.45, 7) is 1.50. The Balaban J connectivity index is 1.96. The van der Waals surface area contributed by atoms with E-state index in [0.717, 1.165) is 12.8 Å². The number of carbonyl (C=O) groups excluding carboxylic acids is 1. The van der Waals surface area contributed by atoms with Gasteiger partial charge in [-0.1, -0.05) is 17.7 Å². The van der Waals surface area contributed by atoms with Gasteiger partial charge >= 0.3 is 0 Å². The molecule has 0 aromatic heterocycles. The Morgan fingerprint density at radius 2 is 2.24 bits per heavy atom. The van der Waals surface area contributed by atoms with Gasteiger partial charge < -0.3 is 15.0 Å². The summed E-state index contributed by atoms with van der Waals surface area (Å²) in [6.07, 6.45) is 1.65. The molecule has 1 N–H and O–H groups in total. The molecule has 6 heteroatoms. The number of carbonyl (C=O) groups is 1. The SMILES string of the molecule is COCC(=O)N1CCC(Nc2c(Cl)cccc2C#N)CC1. The van der Waals surface area contributed by atoms with Crippen molar-refractivity contribution in [1.29, 1.82) is 5.26 Å². The highest BCUT2D eigenvalue weighted by atomic mass is 35.5. The second-order valence-corrected chi connectivity index (χ2v) is 5.41. The minimum absolute atomic E-state index is 0.0198. The topological polar surface area (TPSA) is 65.4 Å². The predicted octanol–water partition coefficient (Wildman–Crippen LogP) is 2.26. The van der Waals surface area contributed by atoms with Crippen LogP contribution in [0, 0.1) is 11.3 Å². The molecule has 0 bridgehead atoms. The largest absolute Gasteiger partial charge is 0.380 e. The van der Waals surface area contributed by atoms with Crippen molar-refractivity contribution >= 4 is 23.2 Å². The molecule has 0 radical (unpaired) electrons. The van der Waals surface area contributed by atoms with E-state index in [2.05, 4.69) is 11.4 Å². The Bertz CT molecular complexity index is 548. The standard InChI is InChI=1S/C15H18ClN3O2/c1-21-10-14(20)19-7-5-12(6-8-19)18-15-11(9-17)3-2-4-13(15)16/h2-4,12,18H,5-8,10H2,1H3. The minimum Gasteiger partial charge on any atom is -0.380 e. The highest BCUT2D eigenvalue weighted by Crippen LogP contribution is 2.28. The highest BCUT2D eigenvalue weighted by Gasteiger charge is 2.23. The number of nitrogens with zero attached hydrogens (tertiary/aromatic N) is 2. The number of halogens is 1. The summed E-state index contributed by atoms with van der Waals surface area (Å²) in [5.41, 5.74) is 1.23. The number of anilines is 1. The van der Waals surface area contributed by atoms with Gasteiger partial charge in [0, 0.05) is 26.2 Å². The predicted molar refractivity (Wildman–Crippen MR) is 81.3 cm³/mol. The van der Waals surface area contributed by atoms with Gasteiger partial charge in [0.1, 0.15) is 12.7 Å². The number of piperidine rings is 1. The molecule has 0 atom stereocenters. The first-order chi connectivity index (χ1) is 10.2. The van der Waals surface area contributed by atoms with Crippen LogP contribution < -0.4 is 5.32 Å². The van der Waals surface area contributed by atoms with Crippen LogP contribution in [0.2, 0.25) is 5.02 Å². The summed E-state index contributed by atoms with van der Waals surface area (Å²) in [5.74, 6) is 0.0198. The Morgan fingerprint density at radius 3 is 2.86 bits per heavy atom. The van der Waals surface area contributed by atoms with Crippen LogP contribution in [-0.2, 0) is 9.53 Å². The summed E-state index contributed by atoms with van der Waals surface area (Å²) >= 11 is 6.15. The molecule has 1 aromatic carbocycles. The number of ether oxygens (including phenoxy) is 1. The summed E-state index contributed by atoms with van der Waals surface area (Å²) in [4.78, 5) is 13.5. The molecule has 1 amide bonds. The maximum atomic E-state index is 11.7. The summed E-state index contributed by atoms with van der Waals surface area (Å²) in [5, 5.41) is 13.0. The fourth-order valence-electron chi connectivity index (χ4n) is 2.46. The van der Waals surface area contributed by atoms with E-state index in [1.54, 1.807) is 23.1 Å². The van der Waals surface area contributed by atoms with Gasteiger partial charge in [-0.25, -0.2) is 0 Å². The number of amides is 1. The first-order valence-electron chi connectivity index (χ1n) is 6.87. The van der Waals surface area contributed by atoms with Gasteiger partial charge in [0.15, 0.2) is 0 Å². The third-order valence-corrected chi connectivity index (χ3v) is 3.91. The highest BCUT2D eigenvalue weighted by molar-refractivity contribution is 6.33. The number of rotatable bonds is 4. The van der Waals surface area contributed by atoms with Crippen molar-refractivity contribution in [3.8, 4) is 6.07 Å². The fraction of sp³-hybridized carbons (Fsp3) is 0.467.